The monoisotopic (exact) mass is 399 g/mol. The molecule has 0 aliphatic carbocycles. The second-order valence-electron chi connectivity index (χ2n) is 7.25. The second kappa shape index (κ2) is 8.33. The van der Waals surface area contributed by atoms with Gasteiger partial charge in [-0.2, -0.15) is 0 Å². The minimum Gasteiger partial charge on any atom is -0.316 e. The van der Waals surface area contributed by atoms with Crippen LogP contribution in [0.2, 0.25) is 0 Å². The summed E-state index contributed by atoms with van der Waals surface area (Å²) in [5.41, 5.74) is 5.02. The normalized spacial score (nSPS) is 10.8. The summed E-state index contributed by atoms with van der Waals surface area (Å²) in [5, 5.41) is 2.77. The number of nitrogens with zero attached hydrogens (tertiary/aromatic N) is 2. The van der Waals surface area contributed by atoms with E-state index in [4.69, 9.17) is 4.98 Å². The van der Waals surface area contributed by atoms with Crippen molar-refractivity contribution in [1.29, 1.82) is 0 Å². The van der Waals surface area contributed by atoms with E-state index in [9.17, 15) is 9.18 Å². The van der Waals surface area contributed by atoms with Crippen LogP contribution in [0.3, 0.4) is 0 Å². The SMILES string of the molecule is Cc1ccc(-c2nc(NC(=O)c3ccccc3F)n(C)c2Cc2ccccc2)cc1. The summed E-state index contributed by atoms with van der Waals surface area (Å²) in [5.74, 6) is -0.708. The predicted octanol–water partition coefficient (Wildman–Crippen LogP) is 5.38. The highest BCUT2D eigenvalue weighted by Crippen LogP contribution is 2.28. The lowest BCUT2D eigenvalue weighted by molar-refractivity contribution is 0.102. The molecule has 0 spiro atoms. The fraction of sp³-hybridized carbons (Fsp3) is 0.120. The fourth-order valence-electron chi connectivity index (χ4n) is 3.39. The number of benzene rings is 3. The van der Waals surface area contributed by atoms with E-state index in [-0.39, 0.29) is 5.56 Å². The minimum atomic E-state index is -0.563. The molecule has 0 unspecified atom stereocenters. The number of carbonyl (C=O) groups is 1. The smallest absolute Gasteiger partial charge is 0.260 e. The molecule has 1 amide bonds. The van der Waals surface area contributed by atoms with Crippen molar-refractivity contribution in [2.45, 2.75) is 13.3 Å². The third-order valence-electron chi connectivity index (χ3n) is 5.10. The molecule has 4 aromatic rings. The molecule has 5 heteroatoms. The number of amides is 1. The third kappa shape index (κ3) is 4.01. The summed E-state index contributed by atoms with van der Waals surface area (Å²) in [6.45, 7) is 2.03. The standard InChI is InChI=1S/C25H22FN3O/c1-17-12-14-19(15-13-17)23-22(16-18-8-4-3-5-9-18)29(2)25(27-23)28-24(30)20-10-6-7-11-21(20)26/h3-15H,16H2,1-2H3,(H,27,28,30). The van der Waals surface area contributed by atoms with Crippen LogP contribution >= 0.6 is 0 Å². The molecular weight excluding hydrogens is 377 g/mol. The molecule has 1 N–H and O–H groups in total. The van der Waals surface area contributed by atoms with Crippen molar-refractivity contribution >= 4 is 11.9 Å². The summed E-state index contributed by atoms with van der Waals surface area (Å²) in [4.78, 5) is 17.4. The first-order valence-corrected chi connectivity index (χ1v) is 9.75. The first-order valence-electron chi connectivity index (χ1n) is 9.75. The van der Waals surface area contributed by atoms with E-state index < -0.39 is 11.7 Å². The molecule has 0 fully saturated rings. The van der Waals surface area contributed by atoms with Crippen molar-refractivity contribution in [2.24, 2.45) is 7.05 Å². The zero-order valence-electron chi connectivity index (χ0n) is 16.9. The lowest BCUT2D eigenvalue weighted by atomic mass is 10.0. The number of hydrogen-bond donors (Lipinski definition) is 1. The Balaban J connectivity index is 1.74. The molecule has 0 atom stereocenters. The van der Waals surface area contributed by atoms with Crippen LogP contribution < -0.4 is 5.32 Å². The van der Waals surface area contributed by atoms with Crippen molar-refractivity contribution in [2.75, 3.05) is 5.32 Å². The molecule has 0 radical (unpaired) electrons. The highest BCUT2D eigenvalue weighted by Gasteiger charge is 2.20. The van der Waals surface area contributed by atoms with E-state index in [1.807, 2.05) is 61.0 Å². The molecule has 0 saturated carbocycles. The largest absolute Gasteiger partial charge is 0.316 e. The fourth-order valence-corrected chi connectivity index (χ4v) is 3.39. The number of imidazole rings is 1. The topological polar surface area (TPSA) is 46.9 Å². The molecule has 0 saturated heterocycles. The Morgan fingerprint density at radius 3 is 2.33 bits per heavy atom. The summed E-state index contributed by atoms with van der Waals surface area (Å²) in [6.07, 6.45) is 0.656. The van der Waals surface area contributed by atoms with Crippen LogP contribution in [0.1, 0.15) is 27.2 Å². The van der Waals surface area contributed by atoms with E-state index in [2.05, 4.69) is 17.4 Å². The van der Waals surface area contributed by atoms with E-state index in [1.54, 1.807) is 12.1 Å². The summed E-state index contributed by atoms with van der Waals surface area (Å²) >= 11 is 0. The third-order valence-corrected chi connectivity index (χ3v) is 5.10. The quantitative estimate of drug-likeness (QED) is 0.490. The van der Waals surface area contributed by atoms with Crippen LogP contribution in [0.25, 0.3) is 11.3 Å². The molecule has 30 heavy (non-hydrogen) atoms. The van der Waals surface area contributed by atoms with E-state index in [0.717, 1.165) is 28.1 Å². The Morgan fingerprint density at radius 2 is 1.63 bits per heavy atom. The number of rotatable bonds is 5. The maximum atomic E-state index is 14.0. The Morgan fingerprint density at radius 1 is 0.967 bits per heavy atom. The molecule has 0 aliphatic rings. The van der Waals surface area contributed by atoms with Gasteiger partial charge in [-0.1, -0.05) is 72.3 Å². The van der Waals surface area contributed by atoms with Gasteiger partial charge >= 0.3 is 0 Å². The van der Waals surface area contributed by atoms with Crippen molar-refractivity contribution in [3.05, 3.63) is 107 Å². The number of aromatic nitrogens is 2. The molecular formula is C25H22FN3O. The summed E-state index contributed by atoms with van der Waals surface area (Å²) < 4.78 is 15.9. The Hall–Kier alpha value is -3.73. The zero-order valence-corrected chi connectivity index (χ0v) is 16.9. The van der Waals surface area contributed by atoms with Crippen LogP contribution in [-0.4, -0.2) is 15.5 Å². The van der Waals surface area contributed by atoms with Gasteiger partial charge in [-0.15, -0.1) is 0 Å². The number of halogens is 1. The summed E-state index contributed by atoms with van der Waals surface area (Å²) in [7, 11) is 1.86. The molecule has 0 bridgehead atoms. The van der Waals surface area contributed by atoms with E-state index in [0.29, 0.717) is 12.4 Å². The predicted molar refractivity (Wildman–Crippen MR) is 117 cm³/mol. The number of carbonyl (C=O) groups excluding carboxylic acids is 1. The van der Waals surface area contributed by atoms with Gasteiger partial charge in [0.2, 0.25) is 5.95 Å². The first-order chi connectivity index (χ1) is 14.5. The molecule has 4 nitrogen and oxygen atoms in total. The number of aryl methyl sites for hydroxylation is 1. The van der Waals surface area contributed by atoms with Crippen LogP contribution in [0.5, 0.6) is 0 Å². The van der Waals surface area contributed by atoms with Gasteiger partial charge in [0, 0.05) is 19.0 Å². The maximum absolute atomic E-state index is 14.0. The van der Waals surface area contributed by atoms with Crippen molar-refractivity contribution in [1.82, 2.24) is 9.55 Å². The lowest BCUT2D eigenvalue weighted by Gasteiger charge is -2.09. The summed E-state index contributed by atoms with van der Waals surface area (Å²) in [6, 6.07) is 24.1. The van der Waals surface area contributed by atoms with Gasteiger partial charge in [-0.3, -0.25) is 10.1 Å². The Bertz CT molecular complexity index is 1180. The van der Waals surface area contributed by atoms with E-state index >= 15 is 0 Å². The van der Waals surface area contributed by atoms with Crippen LogP contribution in [0.4, 0.5) is 10.3 Å². The van der Waals surface area contributed by atoms with Gasteiger partial charge in [-0.05, 0) is 24.6 Å². The zero-order chi connectivity index (χ0) is 21.1. The van der Waals surface area contributed by atoms with Gasteiger partial charge < -0.3 is 4.57 Å². The molecule has 1 aromatic heterocycles. The number of anilines is 1. The van der Waals surface area contributed by atoms with Gasteiger partial charge in [0.15, 0.2) is 0 Å². The molecule has 150 valence electrons. The average Bonchev–Trinajstić information content (AvgIpc) is 3.05. The van der Waals surface area contributed by atoms with Crippen LogP contribution in [-0.2, 0) is 13.5 Å². The highest BCUT2D eigenvalue weighted by atomic mass is 19.1. The Kier molecular flexibility index (Phi) is 5.44. The lowest BCUT2D eigenvalue weighted by Crippen LogP contribution is -2.17. The first kappa shape index (κ1) is 19.6. The van der Waals surface area contributed by atoms with Gasteiger partial charge in [0.1, 0.15) is 5.82 Å². The highest BCUT2D eigenvalue weighted by molar-refractivity contribution is 6.03. The minimum absolute atomic E-state index is 0.0120. The van der Waals surface area contributed by atoms with Crippen LogP contribution in [0.15, 0.2) is 78.9 Å². The Labute approximate surface area is 175 Å². The molecule has 1 heterocycles. The molecule has 3 aromatic carbocycles. The maximum Gasteiger partial charge on any atom is 0.260 e. The number of hydrogen-bond acceptors (Lipinski definition) is 2. The molecule has 4 rings (SSSR count). The van der Waals surface area contributed by atoms with Crippen molar-refractivity contribution in [3.8, 4) is 11.3 Å². The number of nitrogens with one attached hydrogen (secondary N) is 1. The average molecular weight is 399 g/mol. The van der Waals surface area contributed by atoms with Crippen molar-refractivity contribution in [3.63, 3.8) is 0 Å². The van der Waals surface area contributed by atoms with Gasteiger partial charge in [0.05, 0.1) is 17.0 Å². The van der Waals surface area contributed by atoms with Crippen LogP contribution in [0, 0.1) is 12.7 Å². The van der Waals surface area contributed by atoms with Gasteiger partial charge in [-0.25, -0.2) is 9.37 Å². The second-order valence-corrected chi connectivity index (χ2v) is 7.25. The van der Waals surface area contributed by atoms with Crippen molar-refractivity contribution < 1.29 is 9.18 Å². The van der Waals surface area contributed by atoms with E-state index in [1.165, 1.54) is 12.1 Å². The molecule has 0 aliphatic heterocycles. The van der Waals surface area contributed by atoms with Gasteiger partial charge in [0.25, 0.3) is 5.91 Å².